The molecule has 0 saturated heterocycles. The van der Waals surface area contributed by atoms with Gasteiger partial charge in [0, 0.05) is 12.8 Å². The Morgan fingerprint density at radius 1 is 1.55 bits per heavy atom. The van der Waals surface area contributed by atoms with Crippen LogP contribution in [0.2, 0.25) is 0 Å². The van der Waals surface area contributed by atoms with Gasteiger partial charge in [0.2, 0.25) is 0 Å². The van der Waals surface area contributed by atoms with Gasteiger partial charge in [0.1, 0.15) is 11.4 Å². The molecular formula is C16H26N2O2. The van der Waals surface area contributed by atoms with Crippen LogP contribution in [0, 0.1) is 5.92 Å². The molecule has 4 heteroatoms. The van der Waals surface area contributed by atoms with Crippen LogP contribution in [0.3, 0.4) is 0 Å². The van der Waals surface area contributed by atoms with E-state index in [4.69, 9.17) is 15.2 Å². The molecule has 4 nitrogen and oxygen atoms in total. The van der Waals surface area contributed by atoms with Crippen molar-refractivity contribution >= 4 is 0 Å². The molecule has 1 aliphatic rings. The quantitative estimate of drug-likeness (QED) is 0.899. The first kappa shape index (κ1) is 15.3. The molecule has 20 heavy (non-hydrogen) atoms. The Hall–Kier alpha value is -1.13. The van der Waals surface area contributed by atoms with E-state index >= 15 is 0 Å². The van der Waals surface area contributed by atoms with Gasteiger partial charge in [-0.15, -0.1) is 0 Å². The van der Waals surface area contributed by atoms with Crippen LogP contribution in [0.25, 0.3) is 0 Å². The molecule has 112 valence electrons. The fraction of sp³-hybridized carbons (Fsp3) is 0.688. The van der Waals surface area contributed by atoms with Crippen molar-refractivity contribution < 1.29 is 9.47 Å². The second kappa shape index (κ2) is 6.55. The van der Waals surface area contributed by atoms with Crippen molar-refractivity contribution in [1.29, 1.82) is 0 Å². The Morgan fingerprint density at radius 2 is 2.35 bits per heavy atom. The Bertz CT molecular complexity index is 434. The van der Waals surface area contributed by atoms with E-state index in [1.165, 1.54) is 6.42 Å². The lowest BCUT2D eigenvalue weighted by Gasteiger charge is -2.43. The Balaban J connectivity index is 2.33. The molecular weight excluding hydrogens is 252 g/mol. The molecule has 0 spiro atoms. The summed E-state index contributed by atoms with van der Waals surface area (Å²) in [7, 11) is 1.66. The highest BCUT2D eigenvalue weighted by atomic mass is 16.5. The van der Waals surface area contributed by atoms with E-state index in [0.29, 0.717) is 12.5 Å². The minimum absolute atomic E-state index is 0.249. The topological polar surface area (TPSA) is 57.4 Å². The summed E-state index contributed by atoms with van der Waals surface area (Å²) in [5.41, 5.74) is 7.05. The largest absolute Gasteiger partial charge is 0.495 e. The van der Waals surface area contributed by atoms with Gasteiger partial charge in [0.25, 0.3) is 0 Å². The van der Waals surface area contributed by atoms with Crippen molar-refractivity contribution in [2.45, 2.75) is 51.2 Å². The predicted molar refractivity (Wildman–Crippen MR) is 79.7 cm³/mol. The molecule has 3 unspecified atom stereocenters. The number of hydrogen-bond donors (Lipinski definition) is 1. The van der Waals surface area contributed by atoms with E-state index in [1.807, 2.05) is 19.1 Å². The van der Waals surface area contributed by atoms with Crippen LogP contribution in [0.15, 0.2) is 18.3 Å². The van der Waals surface area contributed by atoms with Gasteiger partial charge < -0.3 is 15.2 Å². The number of aromatic nitrogens is 1. The summed E-state index contributed by atoms with van der Waals surface area (Å²) in [5, 5.41) is 0. The molecule has 0 radical (unpaired) electrons. The molecule has 1 aliphatic carbocycles. The van der Waals surface area contributed by atoms with Gasteiger partial charge in [-0.05, 0) is 37.8 Å². The van der Waals surface area contributed by atoms with Gasteiger partial charge in [-0.25, -0.2) is 0 Å². The van der Waals surface area contributed by atoms with E-state index in [-0.39, 0.29) is 11.6 Å². The molecule has 2 rings (SSSR count). The monoisotopic (exact) mass is 278 g/mol. The smallest absolute Gasteiger partial charge is 0.142 e. The maximum atomic E-state index is 6.56. The molecule has 0 amide bonds. The zero-order valence-corrected chi connectivity index (χ0v) is 12.8. The SMILES string of the molecule is CCOC1(C(N)c2ncccc2OC)CCCC(C)C1. The van der Waals surface area contributed by atoms with Gasteiger partial charge in [-0.2, -0.15) is 0 Å². The average molecular weight is 278 g/mol. The molecule has 0 aliphatic heterocycles. The lowest BCUT2D eigenvalue weighted by Crippen LogP contribution is -2.47. The van der Waals surface area contributed by atoms with Gasteiger partial charge in [0.15, 0.2) is 0 Å². The number of nitrogens with two attached hydrogens (primary N) is 1. The van der Waals surface area contributed by atoms with Crippen LogP contribution in [0.4, 0.5) is 0 Å². The second-order valence-electron chi connectivity index (χ2n) is 5.77. The highest BCUT2D eigenvalue weighted by Gasteiger charge is 2.43. The van der Waals surface area contributed by atoms with E-state index in [2.05, 4.69) is 11.9 Å². The molecule has 3 atom stereocenters. The number of pyridine rings is 1. The third-order valence-electron chi connectivity index (χ3n) is 4.30. The molecule has 0 bridgehead atoms. The first-order valence-corrected chi connectivity index (χ1v) is 7.51. The summed E-state index contributed by atoms with van der Waals surface area (Å²) in [4.78, 5) is 4.45. The highest BCUT2D eigenvalue weighted by molar-refractivity contribution is 5.31. The summed E-state index contributed by atoms with van der Waals surface area (Å²) in [5.74, 6) is 1.38. The summed E-state index contributed by atoms with van der Waals surface area (Å²) < 4.78 is 11.5. The molecule has 0 aromatic carbocycles. The second-order valence-corrected chi connectivity index (χ2v) is 5.77. The van der Waals surface area contributed by atoms with Crippen molar-refractivity contribution in [2.24, 2.45) is 11.7 Å². The predicted octanol–water partition coefficient (Wildman–Crippen LogP) is 3.08. The van der Waals surface area contributed by atoms with Crippen molar-refractivity contribution in [3.8, 4) is 5.75 Å². The fourth-order valence-corrected chi connectivity index (χ4v) is 3.39. The summed E-state index contributed by atoms with van der Waals surface area (Å²) in [6.07, 6.45) is 6.16. The third-order valence-corrected chi connectivity index (χ3v) is 4.30. The van der Waals surface area contributed by atoms with E-state index < -0.39 is 0 Å². The van der Waals surface area contributed by atoms with Crippen molar-refractivity contribution in [3.63, 3.8) is 0 Å². The Morgan fingerprint density at radius 3 is 3.00 bits per heavy atom. The van der Waals surface area contributed by atoms with E-state index in [9.17, 15) is 0 Å². The van der Waals surface area contributed by atoms with Gasteiger partial charge in [-0.3, -0.25) is 4.98 Å². The number of hydrogen-bond acceptors (Lipinski definition) is 4. The molecule has 2 N–H and O–H groups in total. The fourth-order valence-electron chi connectivity index (χ4n) is 3.39. The minimum Gasteiger partial charge on any atom is -0.495 e. The normalized spacial score (nSPS) is 28.1. The Labute approximate surface area is 121 Å². The maximum absolute atomic E-state index is 6.56. The molecule has 1 heterocycles. The number of rotatable bonds is 5. The summed E-state index contributed by atoms with van der Waals surface area (Å²) >= 11 is 0. The van der Waals surface area contributed by atoms with Crippen LogP contribution in [0.5, 0.6) is 5.75 Å². The minimum atomic E-state index is -0.311. The number of ether oxygens (including phenoxy) is 2. The van der Waals surface area contributed by atoms with Crippen LogP contribution < -0.4 is 10.5 Å². The van der Waals surface area contributed by atoms with Crippen molar-refractivity contribution in [3.05, 3.63) is 24.0 Å². The average Bonchev–Trinajstić information content (AvgIpc) is 2.46. The number of methoxy groups -OCH3 is 1. The van der Waals surface area contributed by atoms with E-state index in [0.717, 1.165) is 30.7 Å². The maximum Gasteiger partial charge on any atom is 0.142 e. The third kappa shape index (κ3) is 2.96. The van der Waals surface area contributed by atoms with Gasteiger partial charge >= 0.3 is 0 Å². The lowest BCUT2D eigenvalue weighted by atomic mass is 9.73. The molecule has 1 saturated carbocycles. The molecule has 1 aromatic rings. The first-order chi connectivity index (χ1) is 9.63. The molecule has 1 aromatic heterocycles. The van der Waals surface area contributed by atoms with Crippen LogP contribution in [-0.4, -0.2) is 24.3 Å². The highest BCUT2D eigenvalue weighted by Crippen LogP contribution is 2.43. The summed E-state index contributed by atoms with van der Waals surface area (Å²) in [6, 6.07) is 3.53. The van der Waals surface area contributed by atoms with Crippen LogP contribution >= 0.6 is 0 Å². The standard InChI is InChI=1S/C16H26N2O2/c1-4-20-16(9-5-7-12(2)11-16)15(17)14-13(19-3)8-6-10-18-14/h6,8,10,12,15H,4-5,7,9,11,17H2,1-3H3. The van der Waals surface area contributed by atoms with Gasteiger partial charge in [0.05, 0.1) is 18.8 Å². The number of nitrogens with zero attached hydrogens (tertiary/aromatic N) is 1. The van der Waals surface area contributed by atoms with Crippen molar-refractivity contribution in [2.75, 3.05) is 13.7 Å². The zero-order valence-electron chi connectivity index (χ0n) is 12.8. The van der Waals surface area contributed by atoms with Crippen molar-refractivity contribution in [1.82, 2.24) is 4.98 Å². The van der Waals surface area contributed by atoms with Crippen LogP contribution in [0.1, 0.15) is 51.3 Å². The van der Waals surface area contributed by atoms with Gasteiger partial charge in [-0.1, -0.05) is 19.8 Å². The molecule has 1 fully saturated rings. The lowest BCUT2D eigenvalue weighted by molar-refractivity contribution is -0.0949. The first-order valence-electron chi connectivity index (χ1n) is 7.51. The summed E-state index contributed by atoms with van der Waals surface area (Å²) in [6.45, 7) is 4.98. The van der Waals surface area contributed by atoms with Crippen LogP contribution in [-0.2, 0) is 4.74 Å². The van der Waals surface area contributed by atoms with E-state index in [1.54, 1.807) is 13.3 Å². The zero-order chi connectivity index (χ0) is 14.6. The Kier molecular flexibility index (Phi) is 5.00.